The van der Waals surface area contributed by atoms with E-state index < -0.39 is 5.79 Å². The minimum atomic E-state index is -0.504. The average Bonchev–Trinajstić information content (AvgIpc) is 2.88. The highest BCUT2D eigenvalue weighted by atomic mass is 16.7. The molecule has 1 atom stereocenters. The molecule has 0 aromatic rings. The van der Waals surface area contributed by atoms with Gasteiger partial charge in [0, 0.05) is 32.5 Å². The lowest BCUT2D eigenvalue weighted by Gasteiger charge is -2.31. The molecule has 0 bridgehead atoms. The summed E-state index contributed by atoms with van der Waals surface area (Å²) in [6.45, 7) is 10.5. The summed E-state index contributed by atoms with van der Waals surface area (Å²) in [5, 5.41) is 2.87. The highest BCUT2D eigenvalue weighted by Gasteiger charge is 2.42. The number of carbonyl (C=O) groups excluding carboxylic acids is 1. The van der Waals surface area contributed by atoms with Crippen molar-refractivity contribution < 1.29 is 19.0 Å². The second-order valence-electron chi connectivity index (χ2n) is 5.24. The summed E-state index contributed by atoms with van der Waals surface area (Å²) in [5.74, 6) is -0.504. The summed E-state index contributed by atoms with van der Waals surface area (Å²) in [6.07, 6.45) is 4.76. The Morgan fingerprint density at radius 2 is 1.95 bits per heavy atom. The van der Waals surface area contributed by atoms with Gasteiger partial charge in [-0.2, -0.15) is 0 Å². The van der Waals surface area contributed by atoms with Gasteiger partial charge in [0.1, 0.15) is 6.10 Å². The van der Waals surface area contributed by atoms with E-state index in [2.05, 4.69) is 18.5 Å². The fourth-order valence-corrected chi connectivity index (χ4v) is 2.53. The van der Waals surface area contributed by atoms with E-state index >= 15 is 0 Å². The van der Waals surface area contributed by atoms with Crippen LogP contribution in [-0.2, 0) is 14.2 Å². The van der Waals surface area contributed by atoms with Crippen molar-refractivity contribution >= 4 is 6.03 Å². The highest BCUT2D eigenvalue weighted by Crippen LogP contribution is 2.32. The lowest BCUT2D eigenvalue weighted by molar-refractivity contribution is -0.210. The zero-order valence-electron chi connectivity index (χ0n) is 12.4. The molecule has 0 aromatic heterocycles. The molecule has 1 N–H and O–H groups in total. The van der Waals surface area contributed by atoms with Crippen LogP contribution < -0.4 is 5.32 Å². The molecule has 6 nitrogen and oxygen atoms in total. The molecule has 2 heterocycles. The van der Waals surface area contributed by atoms with Crippen LogP contribution in [0.4, 0.5) is 4.79 Å². The van der Waals surface area contributed by atoms with Crippen LogP contribution in [0, 0.1) is 0 Å². The number of ether oxygens (including phenoxy) is 3. The first-order valence-corrected chi connectivity index (χ1v) is 7.33. The number of carbonyl (C=O) groups is 1. The van der Waals surface area contributed by atoms with Gasteiger partial charge < -0.3 is 24.4 Å². The van der Waals surface area contributed by atoms with Crippen LogP contribution in [0.1, 0.15) is 12.8 Å². The van der Waals surface area contributed by atoms with Gasteiger partial charge in [0.15, 0.2) is 5.79 Å². The molecule has 0 saturated carbocycles. The summed E-state index contributed by atoms with van der Waals surface area (Å²) in [7, 11) is 0. The van der Waals surface area contributed by atoms with Gasteiger partial charge in [0.05, 0.1) is 19.8 Å². The van der Waals surface area contributed by atoms with E-state index in [0.717, 1.165) is 12.8 Å². The van der Waals surface area contributed by atoms with E-state index in [1.165, 1.54) is 0 Å². The van der Waals surface area contributed by atoms with Gasteiger partial charge in [-0.1, -0.05) is 12.2 Å². The van der Waals surface area contributed by atoms with E-state index in [-0.39, 0.29) is 12.1 Å². The molecule has 2 saturated heterocycles. The van der Waals surface area contributed by atoms with Gasteiger partial charge in [-0.15, -0.1) is 13.2 Å². The fourth-order valence-electron chi connectivity index (χ4n) is 2.53. The molecule has 1 spiro atoms. The topological polar surface area (TPSA) is 60.0 Å². The third kappa shape index (κ3) is 4.30. The Labute approximate surface area is 125 Å². The molecule has 2 rings (SSSR count). The number of amides is 2. The molecule has 2 aliphatic rings. The summed E-state index contributed by atoms with van der Waals surface area (Å²) in [4.78, 5) is 13.7. The average molecular weight is 296 g/mol. The molecule has 21 heavy (non-hydrogen) atoms. The standard InChI is InChI=1S/C15H24N2O4/c1-3-7-17(8-4-2)14(18)16-11-13-12-20-15(21-13)5-9-19-10-6-15/h3-4,13H,1-2,5-12H2,(H,16,18)/t13-/m1/s1. The first kappa shape index (κ1) is 16.0. The lowest BCUT2D eigenvalue weighted by atomic mass is 10.1. The Bertz CT molecular complexity index is 370. The first-order valence-electron chi connectivity index (χ1n) is 7.33. The maximum atomic E-state index is 12.1. The smallest absolute Gasteiger partial charge is 0.318 e. The number of hydrogen-bond donors (Lipinski definition) is 1. The SMILES string of the molecule is C=CCN(CC=C)C(=O)NC[C@@H]1COC2(CCOCC2)O1. The molecule has 0 aromatic carbocycles. The van der Waals surface area contributed by atoms with Crippen molar-refractivity contribution in [2.45, 2.75) is 24.7 Å². The van der Waals surface area contributed by atoms with Crippen molar-refractivity contribution in [1.82, 2.24) is 10.2 Å². The van der Waals surface area contributed by atoms with Crippen LogP contribution in [0.5, 0.6) is 0 Å². The maximum absolute atomic E-state index is 12.1. The van der Waals surface area contributed by atoms with Crippen LogP contribution in [0.3, 0.4) is 0 Å². The molecule has 0 radical (unpaired) electrons. The Morgan fingerprint density at radius 1 is 1.29 bits per heavy atom. The fraction of sp³-hybridized carbons (Fsp3) is 0.667. The van der Waals surface area contributed by atoms with Gasteiger partial charge in [-0.3, -0.25) is 0 Å². The number of urea groups is 1. The van der Waals surface area contributed by atoms with E-state index in [0.29, 0.717) is 39.5 Å². The summed E-state index contributed by atoms with van der Waals surface area (Å²) in [5.41, 5.74) is 0. The van der Waals surface area contributed by atoms with Crippen molar-refractivity contribution in [2.24, 2.45) is 0 Å². The Hall–Kier alpha value is -1.37. The molecule has 0 unspecified atom stereocenters. The van der Waals surface area contributed by atoms with Crippen molar-refractivity contribution in [3.63, 3.8) is 0 Å². The van der Waals surface area contributed by atoms with E-state index in [1.54, 1.807) is 17.1 Å². The zero-order chi connectivity index (χ0) is 15.1. The van der Waals surface area contributed by atoms with Crippen LogP contribution in [0.25, 0.3) is 0 Å². The highest BCUT2D eigenvalue weighted by molar-refractivity contribution is 5.74. The van der Waals surface area contributed by atoms with Crippen molar-refractivity contribution in [1.29, 1.82) is 0 Å². The second-order valence-corrected chi connectivity index (χ2v) is 5.24. The monoisotopic (exact) mass is 296 g/mol. The van der Waals surface area contributed by atoms with Crippen molar-refractivity contribution in [2.75, 3.05) is 39.5 Å². The molecular formula is C15H24N2O4. The van der Waals surface area contributed by atoms with Crippen LogP contribution in [-0.4, -0.2) is 62.3 Å². The lowest BCUT2D eigenvalue weighted by Crippen LogP contribution is -2.44. The van der Waals surface area contributed by atoms with E-state index in [4.69, 9.17) is 14.2 Å². The Kier molecular flexibility index (Phi) is 5.78. The maximum Gasteiger partial charge on any atom is 0.318 e. The zero-order valence-corrected chi connectivity index (χ0v) is 12.4. The first-order chi connectivity index (χ1) is 10.2. The predicted molar refractivity (Wildman–Crippen MR) is 79.0 cm³/mol. The van der Waals surface area contributed by atoms with Crippen molar-refractivity contribution in [3.05, 3.63) is 25.3 Å². The molecule has 0 aliphatic carbocycles. The van der Waals surface area contributed by atoms with E-state index in [1.807, 2.05) is 0 Å². The quantitative estimate of drug-likeness (QED) is 0.750. The molecule has 2 amide bonds. The Morgan fingerprint density at radius 3 is 2.57 bits per heavy atom. The summed E-state index contributed by atoms with van der Waals surface area (Å²) in [6, 6.07) is -0.147. The minimum absolute atomic E-state index is 0.110. The van der Waals surface area contributed by atoms with Crippen LogP contribution >= 0.6 is 0 Å². The van der Waals surface area contributed by atoms with Gasteiger partial charge >= 0.3 is 6.03 Å². The van der Waals surface area contributed by atoms with Gasteiger partial charge in [0.2, 0.25) is 0 Å². The number of nitrogens with one attached hydrogen (secondary N) is 1. The van der Waals surface area contributed by atoms with Crippen LogP contribution in [0.15, 0.2) is 25.3 Å². The molecular weight excluding hydrogens is 272 g/mol. The second kappa shape index (κ2) is 7.59. The van der Waals surface area contributed by atoms with Gasteiger partial charge in [-0.05, 0) is 0 Å². The molecule has 2 aliphatic heterocycles. The van der Waals surface area contributed by atoms with Crippen molar-refractivity contribution in [3.8, 4) is 0 Å². The number of nitrogens with zero attached hydrogens (tertiary/aromatic N) is 1. The number of hydrogen-bond acceptors (Lipinski definition) is 4. The number of rotatable bonds is 6. The van der Waals surface area contributed by atoms with E-state index in [9.17, 15) is 4.79 Å². The third-order valence-corrected chi connectivity index (χ3v) is 3.64. The third-order valence-electron chi connectivity index (χ3n) is 3.64. The molecule has 6 heteroatoms. The predicted octanol–water partition coefficient (Wildman–Crippen LogP) is 1.29. The molecule has 2 fully saturated rings. The van der Waals surface area contributed by atoms with Crippen LogP contribution in [0.2, 0.25) is 0 Å². The minimum Gasteiger partial charge on any atom is -0.381 e. The largest absolute Gasteiger partial charge is 0.381 e. The van der Waals surface area contributed by atoms with Gasteiger partial charge in [0.25, 0.3) is 0 Å². The normalized spacial score (nSPS) is 23.7. The van der Waals surface area contributed by atoms with Gasteiger partial charge in [-0.25, -0.2) is 4.79 Å². The summed E-state index contributed by atoms with van der Waals surface area (Å²) < 4.78 is 17.1. The molecule has 118 valence electrons. The Balaban J connectivity index is 1.76. The summed E-state index contributed by atoms with van der Waals surface area (Å²) >= 11 is 0.